The van der Waals surface area contributed by atoms with E-state index in [0.29, 0.717) is 12.5 Å². The fourth-order valence-corrected chi connectivity index (χ4v) is 2.92. The Kier molecular flexibility index (Phi) is 4.23. The molecule has 1 aliphatic carbocycles. The van der Waals surface area contributed by atoms with Gasteiger partial charge in [-0.3, -0.25) is 0 Å². The van der Waals surface area contributed by atoms with Gasteiger partial charge in [-0.1, -0.05) is 32.1 Å². The Morgan fingerprint density at radius 1 is 1.35 bits per heavy atom. The summed E-state index contributed by atoms with van der Waals surface area (Å²) in [5, 5.41) is 15.4. The van der Waals surface area contributed by atoms with Crippen LogP contribution in [0.2, 0.25) is 0 Å². The monoisotopic (exact) mass is 241 g/mol. The number of nitrogens with one attached hydrogen (secondary N) is 2. The zero-order valence-electron chi connectivity index (χ0n) is 10.2. The lowest BCUT2D eigenvalue weighted by atomic mass is 9.83. The third-order valence-corrected chi connectivity index (χ3v) is 3.98. The van der Waals surface area contributed by atoms with Crippen molar-refractivity contribution < 1.29 is 9.90 Å². The van der Waals surface area contributed by atoms with E-state index in [2.05, 4.69) is 10.6 Å². The molecule has 3 unspecified atom stereocenters. The molecule has 1 aliphatic heterocycles. The first kappa shape index (κ1) is 12.6. The maximum Gasteiger partial charge on any atom is 0.315 e. The number of amides is 2. The van der Waals surface area contributed by atoms with Gasteiger partial charge >= 0.3 is 6.03 Å². The van der Waals surface area contributed by atoms with E-state index in [1.807, 2.05) is 0 Å². The number of rotatable bonds is 4. The molecule has 1 heterocycles. The van der Waals surface area contributed by atoms with Crippen LogP contribution in [0.4, 0.5) is 4.79 Å². The topological polar surface area (TPSA) is 87.4 Å². The van der Waals surface area contributed by atoms with Gasteiger partial charge < -0.3 is 21.5 Å². The van der Waals surface area contributed by atoms with E-state index < -0.39 is 6.10 Å². The second-order valence-electron chi connectivity index (χ2n) is 5.36. The molecule has 0 aromatic rings. The van der Waals surface area contributed by atoms with E-state index in [4.69, 9.17) is 5.73 Å². The highest BCUT2D eigenvalue weighted by Crippen LogP contribution is 2.27. The van der Waals surface area contributed by atoms with Crippen LogP contribution in [0.1, 0.15) is 38.5 Å². The van der Waals surface area contributed by atoms with Crippen molar-refractivity contribution in [3.05, 3.63) is 0 Å². The molecule has 5 heteroatoms. The van der Waals surface area contributed by atoms with Gasteiger partial charge in [-0.05, 0) is 12.3 Å². The average molecular weight is 241 g/mol. The van der Waals surface area contributed by atoms with E-state index in [0.717, 1.165) is 6.42 Å². The summed E-state index contributed by atoms with van der Waals surface area (Å²) >= 11 is 0. The lowest BCUT2D eigenvalue weighted by molar-refractivity contribution is 0.0991. The summed E-state index contributed by atoms with van der Waals surface area (Å²) in [7, 11) is 0. The fraction of sp³-hybridized carbons (Fsp3) is 0.917. The maximum absolute atomic E-state index is 11.0. The highest BCUT2D eigenvalue weighted by atomic mass is 16.3. The molecule has 0 aromatic carbocycles. The van der Waals surface area contributed by atoms with E-state index in [1.54, 1.807) is 0 Å². The third kappa shape index (κ3) is 3.33. The molecule has 2 aliphatic rings. The normalized spacial score (nSPS) is 29.5. The maximum atomic E-state index is 11.0. The average Bonchev–Trinajstić information content (AvgIpc) is 2.76. The molecule has 1 saturated carbocycles. The van der Waals surface area contributed by atoms with Crippen molar-refractivity contribution in [1.29, 1.82) is 0 Å². The number of aliphatic hydroxyl groups excluding tert-OH is 1. The zero-order chi connectivity index (χ0) is 12.3. The number of nitrogens with two attached hydrogens (primary N) is 1. The van der Waals surface area contributed by atoms with Gasteiger partial charge in [0.25, 0.3) is 0 Å². The predicted molar refractivity (Wildman–Crippen MR) is 65.5 cm³/mol. The molecule has 0 aromatic heterocycles. The van der Waals surface area contributed by atoms with Gasteiger partial charge in [-0.25, -0.2) is 4.79 Å². The molecule has 2 amide bonds. The minimum atomic E-state index is -0.643. The van der Waals surface area contributed by atoms with Gasteiger partial charge in [0.1, 0.15) is 0 Å². The van der Waals surface area contributed by atoms with E-state index in [1.165, 1.54) is 32.1 Å². The van der Waals surface area contributed by atoms with Crippen LogP contribution < -0.4 is 16.4 Å². The molecule has 98 valence electrons. The van der Waals surface area contributed by atoms with E-state index in [9.17, 15) is 9.90 Å². The van der Waals surface area contributed by atoms with Crippen molar-refractivity contribution in [2.45, 2.75) is 56.7 Å². The van der Waals surface area contributed by atoms with Crippen LogP contribution in [0.15, 0.2) is 0 Å². The molecule has 5 N–H and O–H groups in total. The summed E-state index contributed by atoms with van der Waals surface area (Å²) in [4.78, 5) is 11.0. The predicted octanol–water partition coefficient (Wildman–Crippen LogP) is 0.326. The van der Waals surface area contributed by atoms with Crippen molar-refractivity contribution in [2.24, 2.45) is 11.7 Å². The molecule has 2 rings (SSSR count). The molecule has 0 radical (unpaired) electrons. The lowest BCUT2D eigenvalue weighted by Crippen LogP contribution is -2.49. The van der Waals surface area contributed by atoms with Crippen molar-refractivity contribution in [2.75, 3.05) is 6.54 Å². The van der Waals surface area contributed by atoms with Crippen molar-refractivity contribution in [3.8, 4) is 0 Å². The Hall–Kier alpha value is -0.810. The summed E-state index contributed by atoms with van der Waals surface area (Å²) in [5.41, 5.74) is 6.04. The van der Waals surface area contributed by atoms with Gasteiger partial charge in [-0.2, -0.15) is 0 Å². The minimum absolute atomic E-state index is 0.209. The molecular formula is C12H23N3O2. The van der Waals surface area contributed by atoms with Gasteiger partial charge in [0.15, 0.2) is 0 Å². The molecule has 0 spiro atoms. The number of urea groups is 1. The van der Waals surface area contributed by atoms with Crippen LogP contribution in [0.5, 0.6) is 0 Å². The lowest BCUT2D eigenvalue weighted by Gasteiger charge is -2.29. The Morgan fingerprint density at radius 2 is 2.06 bits per heavy atom. The first-order valence-electron chi connectivity index (χ1n) is 6.65. The van der Waals surface area contributed by atoms with E-state index in [-0.39, 0.29) is 18.1 Å². The first-order valence-corrected chi connectivity index (χ1v) is 6.65. The summed E-state index contributed by atoms with van der Waals surface area (Å²) in [6.45, 7) is 0.471. The fourth-order valence-electron chi connectivity index (χ4n) is 2.92. The van der Waals surface area contributed by atoms with E-state index >= 15 is 0 Å². The van der Waals surface area contributed by atoms with Gasteiger partial charge in [0.2, 0.25) is 0 Å². The zero-order valence-corrected chi connectivity index (χ0v) is 10.2. The smallest absolute Gasteiger partial charge is 0.315 e. The van der Waals surface area contributed by atoms with Crippen LogP contribution in [0, 0.1) is 5.92 Å². The summed E-state index contributed by atoms with van der Waals surface area (Å²) in [5.74, 6) is 0.651. The number of carbonyl (C=O) groups excluding carboxylic acids is 1. The SMILES string of the molecule is NC(CC1CCCCC1)C(O)C1CNC(=O)N1. The Labute approximate surface area is 102 Å². The first-order chi connectivity index (χ1) is 8.16. The largest absolute Gasteiger partial charge is 0.389 e. The Balaban J connectivity index is 1.77. The molecule has 5 nitrogen and oxygen atoms in total. The van der Waals surface area contributed by atoms with Crippen molar-refractivity contribution >= 4 is 6.03 Å². The molecule has 3 atom stereocenters. The number of aliphatic hydroxyl groups is 1. The quantitative estimate of drug-likeness (QED) is 0.572. The summed E-state index contributed by atoms with van der Waals surface area (Å²) in [6, 6.07) is -0.677. The van der Waals surface area contributed by atoms with Crippen LogP contribution in [0.25, 0.3) is 0 Å². The highest BCUT2D eigenvalue weighted by Gasteiger charge is 2.32. The van der Waals surface area contributed by atoms with Gasteiger partial charge in [-0.15, -0.1) is 0 Å². The van der Waals surface area contributed by atoms with Crippen molar-refractivity contribution in [3.63, 3.8) is 0 Å². The number of carbonyl (C=O) groups is 1. The summed E-state index contributed by atoms with van der Waals surface area (Å²) < 4.78 is 0. The van der Waals surface area contributed by atoms with Gasteiger partial charge in [0, 0.05) is 12.6 Å². The standard InChI is InChI=1S/C12H23N3O2/c13-9(6-8-4-2-1-3-5-8)11(16)10-7-14-12(17)15-10/h8-11,16H,1-7,13H2,(H2,14,15,17). The highest BCUT2D eigenvalue weighted by molar-refractivity contribution is 5.76. The molecule has 2 fully saturated rings. The number of hydrogen-bond donors (Lipinski definition) is 4. The Bertz CT molecular complexity index is 266. The Morgan fingerprint density at radius 3 is 2.65 bits per heavy atom. The second-order valence-corrected chi connectivity index (χ2v) is 5.36. The molecule has 0 bridgehead atoms. The van der Waals surface area contributed by atoms with Crippen LogP contribution >= 0.6 is 0 Å². The van der Waals surface area contributed by atoms with Crippen LogP contribution in [0.3, 0.4) is 0 Å². The second kappa shape index (κ2) is 5.69. The molecular weight excluding hydrogens is 218 g/mol. The van der Waals surface area contributed by atoms with Crippen molar-refractivity contribution in [1.82, 2.24) is 10.6 Å². The van der Waals surface area contributed by atoms with Crippen LogP contribution in [-0.4, -0.2) is 35.9 Å². The molecule has 1 saturated heterocycles. The molecule has 17 heavy (non-hydrogen) atoms. The van der Waals surface area contributed by atoms with Gasteiger partial charge in [0.05, 0.1) is 12.1 Å². The summed E-state index contributed by atoms with van der Waals surface area (Å²) in [6.07, 6.45) is 6.59. The third-order valence-electron chi connectivity index (χ3n) is 3.98. The minimum Gasteiger partial charge on any atom is -0.389 e. The van der Waals surface area contributed by atoms with Crippen LogP contribution in [-0.2, 0) is 0 Å². The number of hydrogen-bond acceptors (Lipinski definition) is 3.